The van der Waals surface area contributed by atoms with Crippen molar-refractivity contribution in [2.75, 3.05) is 14.2 Å². The standard InChI is InChI=1S/C15H15IO2/c1-10-4-5-11(8-14(10)17-2)12-6-7-13(16)15(9-12)18-3/h4-9H,1-3H3. The monoisotopic (exact) mass is 354 g/mol. The fourth-order valence-electron chi connectivity index (χ4n) is 1.84. The van der Waals surface area contributed by atoms with Crippen molar-refractivity contribution >= 4 is 22.6 Å². The van der Waals surface area contributed by atoms with Crippen molar-refractivity contribution in [2.24, 2.45) is 0 Å². The number of halogens is 1. The average molecular weight is 354 g/mol. The summed E-state index contributed by atoms with van der Waals surface area (Å²) in [5.74, 6) is 1.80. The van der Waals surface area contributed by atoms with Crippen molar-refractivity contribution in [3.8, 4) is 22.6 Å². The van der Waals surface area contributed by atoms with Gasteiger partial charge in [0.05, 0.1) is 17.8 Å². The van der Waals surface area contributed by atoms with E-state index in [9.17, 15) is 0 Å². The van der Waals surface area contributed by atoms with Gasteiger partial charge in [-0.05, 0) is 64.4 Å². The number of hydrogen-bond acceptors (Lipinski definition) is 2. The highest BCUT2D eigenvalue weighted by Crippen LogP contribution is 2.31. The third-order valence-corrected chi connectivity index (χ3v) is 3.78. The summed E-state index contributed by atoms with van der Waals surface area (Å²) in [5, 5.41) is 0. The van der Waals surface area contributed by atoms with E-state index in [1.807, 2.05) is 13.0 Å². The topological polar surface area (TPSA) is 18.5 Å². The van der Waals surface area contributed by atoms with Gasteiger partial charge < -0.3 is 9.47 Å². The molecule has 0 bridgehead atoms. The van der Waals surface area contributed by atoms with Crippen LogP contribution in [-0.4, -0.2) is 14.2 Å². The van der Waals surface area contributed by atoms with Gasteiger partial charge in [0.1, 0.15) is 11.5 Å². The summed E-state index contributed by atoms with van der Waals surface area (Å²) in [6.45, 7) is 2.04. The lowest BCUT2D eigenvalue weighted by Crippen LogP contribution is -1.90. The number of aryl methyl sites for hydroxylation is 1. The van der Waals surface area contributed by atoms with E-state index < -0.39 is 0 Å². The summed E-state index contributed by atoms with van der Waals surface area (Å²) in [6.07, 6.45) is 0. The molecular weight excluding hydrogens is 339 g/mol. The SMILES string of the molecule is COc1cc(-c2ccc(I)c(OC)c2)ccc1C. The first kappa shape index (κ1) is 13.2. The molecule has 0 aliphatic rings. The van der Waals surface area contributed by atoms with E-state index in [-0.39, 0.29) is 0 Å². The molecule has 2 aromatic carbocycles. The minimum Gasteiger partial charge on any atom is -0.496 e. The van der Waals surface area contributed by atoms with Crippen LogP contribution >= 0.6 is 22.6 Å². The molecule has 2 nitrogen and oxygen atoms in total. The predicted molar refractivity (Wildman–Crippen MR) is 82.4 cm³/mol. The molecule has 18 heavy (non-hydrogen) atoms. The van der Waals surface area contributed by atoms with E-state index >= 15 is 0 Å². The summed E-state index contributed by atoms with van der Waals surface area (Å²) >= 11 is 2.27. The van der Waals surface area contributed by atoms with Crippen molar-refractivity contribution in [1.82, 2.24) is 0 Å². The Morgan fingerprint density at radius 2 is 1.39 bits per heavy atom. The highest BCUT2D eigenvalue weighted by atomic mass is 127. The first-order valence-electron chi connectivity index (χ1n) is 5.64. The van der Waals surface area contributed by atoms with Crippen molar-refractivity contribution in [1.29, 1.82) is 0 Å². The molecule has 94 valence electrons. The highest BCUT2D eigenvalue weighted by Gasteiger charge is 2.06. The van der Waals surface area contributed by atoms with Gasteiger partial charge in [-0.2, -0.15) is 0 Å². The molecular formula is C15H15IO2. The maximum atomic E-state index is 5.35. The van der Waals surface area contributed by atoms with Crippen LogP contribution in [0, 0.1) is 10.5 Å². The van der Waals surface area contributed by atoms with Crippen LogP contribution in [0.4, 0.5) is 0 Å². The molecule has 0 saturated heterocycles. The Morgan fingerprint density at radius 1 is 0.833 bits per heavy atom. The number of ether oxygens (including phenoxy) is 2. The first-order chi connectivity index (χ1) is 8.65. The average Bonchev–Trinajstić information content (AvgIpc) is 2.40. The predicted octanol–water partition coefficient (Wildman–Crippen LogP) is 4.28. The molecule has 0 spiro atoms. The molecule has 0 heterocycles. The van der Waals surface area contributed by atoms with Gasteiger partial charge >= 0.3 is 0 Å². The van der Waals surface area contributed by atoms with E-state index in [1.165, 1.54) is 0 Å². The molecule has 3 heteroatoms. The molecule has 0 amide bonds. The Labute approximate surface area is 121 Å². The Hall–Kier alpha value is -1.23. The van der Waals surface area contributed by atoms with E-state index in [1.54, 1.807) is 14.2 Å². The summed E-state index contributed by atoms with van der Waals surface area (Å²) in [7, 11) is 3.39. The van der Waals surface area contributed by atoms with Gasteiger partial charge in [-0.25, -0.2) is 0 Å². The number of benzene rings is 2. The summed E-state index contributed by atoms with van der Waals surface area (Å²) < 4.78 is 11.8. The lowest BCUT2D eigenvalue weighted by Gasteiger charge is -2.10. The van der Waals surface area contributed by atoms with Gasteiger partial charge in [0, 0.05) is 0 Å². The normalized spacial score (nSPS) is 10.2. The smallest absolute Gasteiger partial charge is 0.132 e. The molecule has 0 atom stereocenters. The zero-order chi connectivity index (χ0) is 13.1. The quantitative estimate of drug-likeness (QED) is 0.766. The van der Waals surface area contributed by atoms with E-state index in [2.05, 4.69) is 52.9 Å². The molecule has 0 unspecified atom stereocenters. The molecule has 0 aliphatic carbocycles. The Bertz CT molecular complexity index is 513. The first-order valence-corrected chi connectivity index (χ1v) is 6.72. The number of methoxy groups -OCH3 is 2. The lowest BCUT2D eigenvalue weighted by molar-refractivity contribution is 0.411. The zero-order valence-electron chi connectivity index (χ0n) is 10.7. The van der Waals surface area contributed by atoms with E-state index in [0.29, 0.717) is 0 Å². The van der Waals surface area contributed by atoms with Gasteiger partial charge in [0.15, 0.2) is 0 Å². The van der Waals surface area contributed by atoms with E-state index in [0.717, 1.165) is 31.8 Å². The summed E-state index contributed by atoms with van der Waals surface area (Å²) in [4.78, 5) is 0. The van der Waals surface area contributed by atoms with Crippen LogP contribution in [-0.2, 0) is 0 Å². The van der Waals surface area contributed by atoms with Crippen molar-refractivity contribution in [3.05, 3.63) is 45.5 Å². The molecule has 0 N–H and O–H groups in total. The number of hydrogen-bond donors (Lipinski definition) is 0. The van der Waals surface area contributed by atoms with Crippen LogP contribution in [0.1, 0.15) is 5.56 Å². The minimum atomic E-state index is 0.896. The maximum absolute atomic E-state index is 5.35. The van der Waals surface area contributed by atoms with Gasteiger partial charge in [-0.1, -0.05) is 18.2 Å². The summed E-state index contributed by atoms with van der Waals surface area (Å²) in [5.41, 5.74) is 3.40. The minimum absolute atomic E-state index is 0.896. The highest BCUT2D eigenvalue weighted by molar-refractivity contribution is 14.1. The third kappa shape index (κ3) is 2.61. The Kier molecular flexibility index (Phi) is 4.11. The fraction of sp³-hybridized carbons (Fsp3) is 0.200. The largest absolute Gasteiger partial charge is 0.496 e. The van der Waals surface area contributed by atoms with Gasteiger partial charge in [-0.15, -0.1) is 0 Å². The molecule has 2 rings (SSSR count). The van der Waals surface area contributed by atoms with Crippen LogP contribution in [0.2, 0.25) is 0 Å². The second-order valence-electron chi connectivity index (χ2n) is 4.03. The molecule has 0 aliphatic heterocycles. The van der Waals surface area contributed by atoms with Gasteiger partial charge in [0.2, 0.25) is 0 Å². The second-order valence-corrected chi connectivity index (χ2v) is 5.20. The van der Waals surface area contributed by atoms with Crippen LogP contribution in [0.25, 0.3) is 11.1 Å². The molecule has 0 fully saturated rings. The Balaban J connectivity index is 2.48. The van der Waals surface area contributed by atoms with Crippen molar-refractivity contribution < 1.29 is 9.47 Å². The van der Waals surface area contributed by atoms with Crippen LogP contribution in [0.15, 0.2) is 36.4 Å². The van der Waals surface area contributed by atoms with Crippen LogP contribution in [0.5, 0.6) is 11.5 Å². The third-order valence-electron chi connectivity index (χ3n) is 2.89. The molecule has 0 radical (unpaired) electrons. The van der Waals surface area contributed by atoms with Gasteiger partial charge in [-0.3, -0.25) is 0 Å². The molecule has 0 aromatic heterocycles. The lowest BCUT2D eigenvalue weighted by atomic mass is 10.0. The zero-order valence-corrected chi connectivity index (χ0v) is 12.8. The number of rotatable bonds is 3. The maximum Gasteiger partial charge on any atom is 0.132 e. The van der Waals surface area contributed by atoms with Crippen molar-refractivity contribution in [3.63, 3.8) is 0 Å². The Morgan fingerprint density at radius 3 is 2.00 bits per heavy atom. The van der Waals surface area contributed by atoms with Crippen molar-refractivity contribution in [2.45, 2.75) is 6.92 Å². The van der Waals surface area contributed by atoms with Crippen LogP contribution in [0.3, 0.4) is 0 Å². The summed E-state index contributed by atoms with van der Waals surface area (Å²) in [6, 6.07) is 12.4. The molecule has 2 aromatic rings. The fourth-order valence-corrected chi connectivity index (χ4v) is 2.39. The van der Waals surface area contributed by atoms with Crippen LogP contribution < -0.4 is 9.47 Å². The van der Waals surface area contributed by atoms with Gasteiger partial charge in [0.25, 0.3) is 0 Å². The molecule has 0 saturated carbocycles. The second kappa shape index (κ2) is 5.61. The van der Waals surface area contributed by atoms with E-state index in [4.69, 9.17) is 9.47 Å².